The number of hydrogen-bond acceptors (Lipinski definition) is 8. The Balaban J connectivity index is 1.72. The predicted molar refractivity (Wildman–Crippen MR) is 98.9 cm³/mol. The summed E-state index contributed by atoms with van der Waals surface area (Å²) in [5.41, 5.74) is 3.15. The summed E-state index contributed by atoms with van der Waals surface area (Å²) in [5, 5.41) is 0. The fraction of sp³-hybridized carbons (Fsp3) is 0.688. The van der Waals surface area contributed by atoms with Gasteiger partial charge in [-0.2, -0.15) is 4.98 Å². The molecule has 0 atom stereocenters. The van der Waals surface area contributed by atoms with Crippen LogP contribution < -0.4 is 16.2 Å². The first-order chi connectivity index (χ1) is 11.9. The second kappa shape index (κ2) is 7.25. The van der Waals surface area contributed by atoms with E-state index in [-0.39, 0.29) is 6.09 Å². The minimum absolute atomic E-state index is 0.254. The van der Waals surface area contributed by atoms with E-state index in [1.54, 1.807) is 16.7 Å². The maximum Gasteiger partial charge on any atom is 0.410 e. The van der Waals surface area contributed by atoms with E-state index in [4.69, 9.17) is 10.6 Å². The molecule has 0 saturated carbocycles. The number of aryl methyl sites for hydroxylation is 1. The van der Waals surface area contributed by atoms with Gasteiger partial charge in [-0.15, -0.1) is 11.8 Å². The van der Waals surface area contributed by atoms with E-state index in [1.165, 1.54) is 0 Å². The van der Waals surface area contributed by atoms with Gasteiger partial charge in [0.25, 0.3) is 0 Å². The molecule has 3 N–H and O–H groups in total. The van der Waals surface area contributed by atoms with Gasteiger partial charge in [-0.25, -0.2) is 15.6 Å². The Morgan fingerprint density at radius 2 is 1.96 bits per heavy atom. The Hall–Kier alpha value is -1.74. The van der Waals surface area contributed by atoms with E-state index in [2.05, 4.69) is 20.3 Å². The van der Waals surface area contributed by atoms with Gasteiger partial charge in [-0.3, -0.25) is 5.43 Å². The van der Waals surface area contributed by atoms with Gasteiger partial charge >= 0.3 is 6.09 Å². The molecule has 0 spiro atoms. The van der Waals surface area contributed by atoms with Crippen LogP contribution in [0.25, 0.3) is 0 Å². The number of rotatable bonds is 2. The zero-order chi connectivity index (χ0) is 18.0. The number of fused-ring (bicyclic) bond motifs is 1. The molecule has 0 bridgehead atoms. The molecule has 3 rings (SSSR count). The van der Waals surface area contributed by atoms with Crippen molar-refractivity contribution in [1.82, 2.24) is 14.9 Å². The summed E-state index contributed by atoms with van der Waals surface area (Å²) in [6, 6.07) is 0. The molecule has 138 valence electrons. The van der Waals surface area contributed by atoms with Crippen molar-refractivity contribution in [2.45, 2.75) is 44.1 Å². The zero-order valence-corrected chi connectivity index (χ0v) is 15.9. The molecule has 25 heavy (non-hydrogen) atoms. The largest absolute Gasteiger partial charge is 0.444 e. The highest BCUT2D eigenvalue weighted by molar-refractivity contribution is 7.99. The number of nitrogens with one attached hydrogen (secondary N) is 1. The number of nitrogen functional groups attached to an aromatic ring is 1. The van der Waals surface area contributed by atoms with Crippen LogP contribution in [0.3, 0.4) is 0 Å². The van der Waals surface area contributed by atoms with E-state index in [1.807, 2.05) is 20.8 Å². The van der Waals surface area contributed by atoms with Crippen LogP contribution in [-0.2, 0) is 11.2 Å². The molecule has 2 aliphatic rings. The number of anilines is 2. The maximum absolute atomic E-state index is 12.2. The topological polar surface area (TPSA) is 96.6 Å². The standard InChI is InChI=1S/C16H26N6O2S/c1-16(2,3)24-15(23)22-8-6-21(7-9-22)13-12-11(5-4-10-25-12)18-14(19-13)20-17/h4-10,17H2,1-3H3,(H,18,19,20). The number of nitrogens with two attached hydrogens (primary N) is 1. The third-order valence-corrected chi connectivity index (χ3v) is 5.28. The number of carbonyl (C=O) groups excluding carboxylic acids is 1. The molecular formula is C16H26N6O2S. The number of nitrogens with zero attached hydrogens (tertiary/aromatic N) is 4. The predicted octanol–water partition coefficient (Wildman–Crippen LogP) is 1.86. The van der Waals surface area contributed by atoms with Crippen LogP contribution in [0.5, 0.6) is 0 Å². The van der Waals surface area contributed by atoms with Crippen molar-refractivity contribution in [3.8, 4) is 0 Å². The normalized spacial score (nSPS) is 17.9. The van der Waals surface area contributed by atoms with Crippen LogP contribution in [0.2, 0.25) is 0 Å². The van der Waals surface area contributed by atoms with Crippen molar-refractivity contribution < 1.29 is 9.53 Å². The first-order valence-electron chi connectivity index (χ1n) is 8.60. The molecule has 0 aromatic carbocycles. The lowest BCUT2D eigenvalue weighted by Crippen LogP contribution is -2.50. The second-order valence-electron chi connectivity index (χ2n) is 7.20. The molecule has 1 aromatic rings. The molecule has 0 radical (unpaired) electrons. The summed E-state index contributed by atoms with van der Waals surface area (Å²) in [4.78, 5) is 26.4. The van der Waals surface area contributed by atoms with Crippen molar-refractivity contribution in [3.05, 3.63) is 5.69 Å². The van der Waals surface area contributed by atoms with E-state index >= 15 is 0 Å². The lowest BCUT2D eigenvalue weighted by Gasteiger charge is -2.37. The number of piperazine rings is 1. The van der Waals surface area contributed by atoms with Gasteiger partial charge < -0.3 is 14.5 Å². The monoisotopic (exact) mass is 366 g/mol. The minimum Gasteiger partial charge on any atom is -0.444 e. The van der Waals surface area contributed by atoms with E-state index in [9.17, 15) is 4.79 Å². The van der Waals surface area contributed by atoms with E-state index < -0.39 is 5.60 Å². The number of ether oxygens (including phenoxy) is 1. The van der Waals surface area contributed by atoms with Gasteiger partial charge in [0.15, 0.2) is 0 Å². The SMILES string of the molecule is CC(C)(C)OC(=O)N1CCN(c2nc(NN)nc3c2SCCC3)CC1. The van der Waals surface area contributed by atoms with Crippen LogP contribution >= 0.6 is 11.8 Å². The zero-order valence-electron chi connectivity index (χ0n) is 15.0. The highest BCUT2D eigenvalue weighted by Gasteiger charge is 2.29. The Morgan fingerprint density at radius 1 is 1.24 bits per heavy atom. The van der Waals surface area contributed by atoms with Gasteiger partial charge in [0.2, 0.25) is 5.95 Å². The van der Waals surface area contributed by atoms with Crippen molar-refractivity contribution in [2.75, 3.05) is 42.3 Å². The summed E-state index contributed by atoms with van der Waals surface area (Å²) in [5.74, 6) is 7.98. The Kier molecular flexibility index (Phi) is 5.24. The average molecular weight is 366 g/mol. The van der Waals surface area contributed by atoms with Gasteiger partial charge in [0.05, 0.1) is 10.6 Å². The highest BCUT2D eigenvalue weighted by Crippen LogP contribution is 2.37. The Labute approximate surface area is 152 Å². The molecule has 8 nitrogen and oxygen atoms in total. The molecule has 9 heteroatoms. The molecule has 1 aromatic heterocycles. The fourth-order valence-corrected chi connectivity index (χ4v) is 4.03. The van der Waals surface area contributed by atoms with Crippen LogP contribution in [0.15, 0.2) is 4.90 Å². The molecule has 1 saturated heterocycles. The number of amides is 1. The highest BCUT2D eigenvalue weighted by atomic mass is 32.2. The quantitative estimate of drug-likeness (QED) is 0.605. The van der Waals surface area contributed by atoms with E-state index in [0.29, 0.717) is 32.1 Å². The van der Waals surface area contributed by atoms with Crippen LogP contribution in [-0.4, -0.2) is 58.5 Å². The number of hydrazine groups is 1. The Bertz CT molecular complexity index is 640. The molecule has 2 aliphatic heterocycles. The first kappa shape index (κ1) is 18.1. The van der Waals surface area contributed by atoms with Crippen LogP contribution in [0.1, 0.15) is 32.9 Å². The average Bonchev–Trinajstić information content (AvgIpc) is 2.59. The number of hydrogen-bond donors (Lipinski definition) is 2. The van der Waals surface area contributed by atoms with Crippen molar-refractivity contribution >= 4 is 29.6 Å². The van der Waals surface area contributed by atoms with Crippen molar-refractivity contribution in [3.63, 3.8) is 0 Å². The lowest BCUT2D eigenvalue weighted by atomic mass is 10.2. The van der Waals surface area contributed by atoms with Crippen molar-refractivity contribution in [1.29, 1.82) is 0 Å². The summed E-state index contributed by atoms with van der Waals surface area (Å²) in [6.07, 6.45) is 1.81. The molecule has 0 unspecified atom stereocenters. The molecule has 1 fully saturated rings. The molecule has 1 amide bonds. The van der Waals surface area contributed by atoms with Crippen LogP contribution in [0, 0.1) is 0 Å². The van der Waals surface area contributed by atoms with Gasteiger partial charge in [-0.05, 0) is 39.4 Å². The smallest absolute Gasteiger partial charge is 0.410 e. The van der Waals surface area contributed by atoms with Gasteiger partial charge in [0.1, 0.15) is 11.4 Å². The summed E-state index contributed by atoms with van der Waals surface area (Å²) >= 11 is 1.80. The van der Waals surface area contributed by atoms with E-state index in [0.717, 1.165) is 35.0 Å². The summed E-state index contributed by atoms with van der Waals surface area (Å²) < 4.78 is 5.46. The molecular weight excluding hydrogens is 340 g/mol. The fourth-order valence-electron chi connectivity index (χ4n) is 2.92. The summed E-state index contributed by atoms with van der Waals surface area (Å²) in [6.45, 7) is 8.31. The lowest BCUT2D eigenvalue weighted by molar-refractivity contribution is 0.0240. The second-order valence-corrected chi connectivity index (χ2v) is 8.30. The maximum atomic E-state index is 12.2. The summed E-state index contributed by atoms with van der Waals surface area (Å²) in [7, 11) is 0. The number of aromatic nitrogens is 2. The Morgan fingerprint density at radius 3 is 2.60 bits per heavy atom. The van der Waals surface area contributed by atoms with Crippen LogP contribution in [0.4, 0.5) is 16.6 Å². The number of carbonyl (C=O) groups is 1. The van der Waals surface area contributed by atoms with Crippen molar-refractivity contribution in [2.24, 2.45) is 5.84 Å². The van der Waals surface area contributed by atoms with Gasteiger partial charge in [-0.1, -0.05) is 0 Å². The molecule has 3 heterocycles. The minimum atomic E-state index is -0.474. The molecule has 0 aliphatic carbocycles. The first-order valence-corrected chi connectivity index (χ1v) is 9.59. The number of thioether (sulfide) groups is 1. The van der Waals surface area contributed by atoms with Gasteiger partial charge in [0, 0.05) is 26.2 Å². The third kappa shape index (κ3) is 4.27. The third-order valence-electron chi connectivity index (χ3n) is 4.08.